The Bertz CT molecular complexity index is 124. The first kappa shape index (κ1) is 9.59. The summed E-state index contributed by atoms with van der Waals surface area (Å²) in [4.78, 5) is 0. The van der Waals surface area contributed by atoms with E-state index in [1.807, 2.05) is 13.0 Å². The first-order valence-electron chi connectivity index (χ1n) is 4.78. The molecule has 1 fully saturated rings. The number of hydrogen-bond donors (Lipinski definition) is 0. The predicted molar refractivity (Wildman–Crippen MR) is 49.0 cm³/mol. The van der Waals surface area contributed by atoms with E-state index in [1.54, 1.807) is 6.26 Å². The fraction of sp³-hybridized carbons (Fsp3) is 0.800. The van der Waals surface area contributed by atoms with Crippen LogP contribution in [-0.4, -0.2) is 19.3 Å². The summed E-state index contributed by atoms with van der Waals surface area (Å²) in [5, 5.41) is 0. The molecule has 1 heterocycles. The second-order valence-corrected chi connectivity index (χ2v) is 3.14. The minimum Gasteiger partial charge on any atom is -0.499 e. The summed E-state index contributed by atoms with van der Waals surface area (Å²) in [6.45, 7) is 3.57. The van der Waals surface area contributed by atoms with Gasteiger partial charge in [0.15, 0.2) is 0 Å². The molecule has 0 aromatic heterocycles. The summed E-state index contributed by atoms with van der Waals surface area (Å²) in [5.74, 6) is 0. The van der Waals surface area contributed by atoms with E-state index in [0.717, 1.165) is 13.0 Å². The van der Waals surface area contributed by atoms with E-state index in [9.17, 15) is 0 Å². The second-order valence-electron chi connectivity index (χ2n) is 3.14. The van der Waals surface area contributed by atoms with Crippen molar-refractivity contribution in [1.29, 1.82) is 0 Å². The summed E-state index contributed by atoms with van der Waals surface area (Å²) in [6, 6.07) is 0. The number of ether oxygens (including phenoxy) is 2. The Morgan fingerprint density at radius 1 is 1.42 bits per heavy atom. The molecule has 0 saturated carbocycles. The van der Waals surface area contributed by atoms with E-state index in [1.165, 1.54) is 19.3 Å². The van der Waals surface area contributed by atoms with Crippen LogP contribution in [0.5, 0.6) is 0 Å². The number of allylic oxidation sites excluding steroid dienone is 1. The van der Waals surface area contributed by atoms with Crippen molar-refractivity contribution >= 4 is 0 Å². The Morgan fingerprint density at radius 3 is 3.17 bits per heavy atom. The Kier molecular flexibility index (Phi) is 4.85. The molecule has 70 valence electrons. The molecule has 1 aliphatic heterocycles. The Hall–Kier alpha value is -0.500. The molecule has 0 radical (unpaired) electrons. The molecule has 2 nitrogen and oxygen atoms in total. The molecule has 2 heteroatoms. The summed E-state index contributed by atoms with van der Waals surface area (Å²) < 4.78 is 10.9. The zero-order chi connectivity index (χ0) is 8.65. The van der Waals surface area contributed by atoms with Crippen molar-refractivity contribution in [2.75, 3.05) is 13.2 Å². The van der Waals surface area contributed by atoms with Gasteiger partial charge in [-0.05, 0) is 19.8 Å². The summed E-state index contributed by atoms with van der Waals surface area (Å²) >= 11 is 0. The third-order valence-corrected chi connectivity index (χ3v) is 2.04. The Labute approximate surface area is 74.6 Å². The van der Waals surface area contributed by atoms with E-state index in [-0.39, 0.29) is 0 Å². The van der Waals surface area contributed by atoms with Crippen molar-refractivity contribution in [2.45, 2.75) is 38.7 Å². The Morgan fingerprint density at radius 2 is 2.33 bits per heavy atom. The van der Waals surface area contributed by atoms with Crippen LogP contribution in [0.3, 0.4) is 0 Å². The molecule has 0 aliphatic carbocycles. The zero-order valence-electron chi connectivity index (χ0n) is 7.79. The minimum absolute atomic E-state index is 0.323. The molecule has 0 amide bonds. The molecule has 1 unspecified atom stereocenters. The van der Waals surface area contributed by atoms with Gasteiger partial charge in [-0.3, -0.25) is 0 Å². The molecule has 0 N–H and O–H groups in total. The first-order valence-corrected chi connectivity index (χ1v) is 4.78. The molecule has 0 spiro atoms. The molecule has 0 aromatic carbocycles. The van der Waals surface area contributed by atoms with Gasteiger partial charge >= 0.3 is 0 Å². The van der Waals surface area contributed by atoms with E-state index in [0.29, 0.717) is 12.7 Å². The lowest BCUT2D eigenvalue weighted by Gasteiger charge is -2.13. The van der Waals surface area contributed by atoms with Crippen LogP contribution in [0.2, 0.25) is 0 Å². The maximum absolute atomic E-state index is 5.59. The van der Waals surface area contributed by atoms with Gasteiger partial charge in [-0.2, -0.15) is 0 Å². The van der Waals surface area contributed by atoms with Gasteiger partial charge in [-0.25, -0.2) is 0 Å². The molecule has 1 atom stereocenters. The average molecular weight is 170 g/mol. The number of rotatable bonds is 3. The maximum Gasteiger partial charge on any atom is 0.113 e. The van der Waals surface area contributed by atoms with Gasteiger partial charge in [-0.15, -0.1) is 0 Å². The van der Waals surface area contributed by atoms with Crippen molar-refractivity contribution in [3.8, 4) is 0 Å². The van der Waals surface area contributed by atoms with Crippen LogP contribution in [0.1, 0.15) is 32.6 Å². The van der Waals surface area contributed by atoms with Crippen LogP contribution in [-0.2, 0) is 9.47 Å². The number of hydrogen-bond acceptors (Lipinski definition) is 2. The molecule has 0 bridgehead atoms. The van der Waals surface area contributed by atoms with Gasteiger partial charge < -0.3 is 9.47 Å². The smallest absolute Gasteiger partial charge is 0.113 e. The van der Waals surface area contributed by atoms with Gasteiger partial charge in [0, 0.05) is 6.61 Å². The lowest BCUT2D eigenvalue weighted by Crippen LogP contribution is -2.17. The van der Waals surface area contributed by atoms with Gasteiger partial charge in [-0.1, -0.05) is 18.9 Å². The van der Waals surface area contributed by atoms with Crippen LogP contribution in [0.4, 0.5) is 0 Å². The van der Waals surface area contributed by atoms with Crippen LogP contribution >= 0.6 is 0 Å². The summed E-state index contributed by atoms with van der Waals surface area (Å²) in [5.41, 5.74) is 0. The monoisotopic (exact) mass is 170 g/mol. The lowest BCUT2D eigenvalue weighted by atomic mass is 10.1. The Balaban J connectivity index is 2.11. The van der Waals surface area contributed by atoms with E-state index in [2.05, 4.69) is 0 Å². The zero-order valence-corrected chi connectivity index (χ0v) is 7.79. The SMILES string of the molecule is C/C=C/OCC1CCCCCO1. The van der Waals surface area contributed by atoms with E-state index < -0.39 is 0 Å². The van der Waals surface area contributed by atoms with Crippen molar-refractivity contribution in [3.05, 3.63) is 12.3 Å². The predicted octanol–water partition coefficient (Wildman–Crippen LogP) is 2.50. The highest BCUT2D eigenvalue weighted by molar-refractivity contribution is 4.68. The minimum atomic E-state index is 0.323. The molecule has 1 saturated heterocycles. The third-order valence-electron chi connectivity index (χ3n) is 2.04. The van der Waals surface area contributed by atoms with Crippen LogP contribution in [0, 0.1) is 0 Å². The largest absolute Gasteiger partial charge is 0.499 e. The fourth-order valence-electron chi connectivity index (χ4n) is 1.37. The average Bonchev–Trinajstić information content (AvgIpc) is 2.33. The van der Waals surface area contributed by atoms with Gasteiger partial charge in [0.2, 0.25) is 0 Å². The molecule has 1 rings (SSSR count). The topological polar surface area (TPSA) is 18.5 Å². The van der Waals surface area contributed by atoms with Crippen LogP contribution in [0.25, 0.3) is 0 Å². The quantitative estimate of drug-likeness (QED) is 0.606. The standard InChI is InChI=1S/C10H18O2/c1-2-7-11-9-10-6-4-3-5-8-12-10/h2,7,10H,3-6,8-9H2,1H3/b7-2+. The van der Waals surface area contributed by atoms with Crippen molar-refractivity contribution in [3.63, 3.8) is 0 Å². The van der Waals surface area contributed by atoms with Gasteiger partial charge in [0.1, 0.15) is 6.61 Å². The summed E-state index contributed by atoms with van der Waals surface area (Å²) in [7, 11) is 0. The molecule has 1 aliphatic rings. The van der Waals surface area contributed by atoms with Crippen molar-refractivity contribution in [2.24, 2.45) is 0 Å². The van der Waals surface area contributed by atoms with Crippen molar-refractivity contribution < 1.29 is 9.47 Å². The van der Waals surface area contributed by atoms with Gasteiger partial charge in [0.25, 0.3) is 0 Å². The van der Waals surface area contributed by atoms with Crippen molar-refractivity contribution in [1.82, 2.24) is 0 Å². The molecular formula is C10H18O2. The van der Waals surface area contributed by atoms with E-state index in [4.69, 9.17) is 9.47 Å². The molecule has 12 heavy (non-hydrogen) atoms. The first-order chi connectivity index (χ1) is 5.93. The lowest BCUT2D eigenvalue weighted by molar-refractivity contribution is 0.0123. The van der Waals surface area contributed by atoms with Gasteiger partial charge in [0.05, 0.1) is 12.4 Å². The molecular weight excluding hydrogens is 152 g/mol. The molecule has 0 aromatic rings. The second kappa shape index (κ2) is 6.06. The normalized spacial score (nSPS) is 25.6. The summed E-state index contributed by atoms with van der Waals surface area (Å²) in [6.07, 6.45) is 8.90. The highest BCUT2D eigenvalue weighted by Gasteiger charge is 2.11. The highest BCUT2D eigenvalue weighted by Crippen LogP contribution is 2.13. The highest BCUT2D eigenvalue weighted by atomic mass is 16.5. The third kappa shape index (κ3) is 3.77. The maximum atomic E-state index is 5.59. The fourth-order valence-corrected chi connectivity index (χ4v) is 1.37. The van der Waals surface area contributed by atoms with Crippen LogP contribution in [0.15, 0.2) is 12.3 Å². The van der Waals surface area contributed by atoms with Crippen LogP contribution < -0.4 is 0 Å². The van der Waals surface area contributed by atoms with E-state index >= 15 is 0 Å².